The van der Waals surface area contributed by atoms with Gasteiger partial charge in [-0.05, 0) is 32.6 Å². The summed E-state index contributed by atoms with van der Waals surface area (Å²) in [7, 11) is 0. The van der Waals surface area contributed by atoms with Gasteiger partial charge in [-0.2, -0.15) is 0 Å². The molecule has 1 spiro atoms. The molecule has 2 aliphatic rings. The Morgan fingerprint density at radius 3 is 2.71 bits per heavy atom. The largest absolute Gasteiger partial charge is 0.372 e. The lowest BCUT2D eigenvalue weighted by atomic mass is 9.82. The van der Waals surface area contributed by atoms with E-state index >= 15 is 0 Å². The summed E-state index contributed by atoms with van der Waals surface area (Å²) < 4.78 is 11.4. The molecule has 0 unspecified atom stereocenters. The third-order valence-corrected chi connectivity index (χ3v) is 5.31. The first-order chi connectivity index (χ1) is 11.4. The van der Waals surface area contributed by atoms with Crippen LogP contribution in [0.5, 0.6) is 0 Å². The molecular weight excluding hydrogens is 306 g/mol. The van der Waals surface area contributed by atoms with Crippen molar-refractivity contribution in [2.75, 3.05) is 26.2 Å². The molecule has 0 saturated carbocycles. The molecule has 134 valence electrons. The number of aromatic nitrogens is 1. The molecule has 0 radical (unpaired) electrons. The van der Waals surface area contributed by atoms with Crippen LogP contribution in [0.4, 0.5) is 0 Å². The molecule has 3 heterocycles. The highest BCUT2D eigenvalue weighted by atomic mass is 16.5. The molecule has 1 amide bonds. The molecule has 2 fully saturated rings. The first kappa shape index (κ1) is 17.4. The monoisotopic (exact) mass is 335 g/mol. The van der Waals surface area contributed by atoms with Crippen LogP contribution >= 0.6 is 0 Å². The van der Waals surface area contributed by atoms with Crippen LogP contribution in [0.2, 0.25) is 0 Å². The lowest BCUT2D eigenvalue weighted by Crippen LogP contribution is -2.64. The SMILES string of the molecule is Cc1noc(C)c1CN1CC2(CC[C@H](CNC(=O)C(C)C)CO2)C1. The van der Waals surface area contributed by atoms with Crippen molar-refractivity contribution in [2.45, 2.75) is 52.7 Å². The Morgan fingerprint density at radius 1 is 1.42 bits per heavy atom. The van der Waals surface area contributed by atoms with Crippen molar-refractivity contribution in [3.63, 3.8) is 0 Å². The van der Waals surface area contributed by atoms with E-state index < -0.39 is 0 Å². The van der Waals surface area contributed by atoms with Gasteiger partial charge in [-0.3, -0.25) is 9.69 Å². The Labute approximate surface area is 143 Å². The number of nitrogens with zero attached hydrogens (tertiary/aromatic N) is 2. The number of nitrogens with one attached hydrogen (secondary N) is 1. The number of rotatable bonds is 5. The predicted molar refractivity (Wildman–Crippen MR) is 90.5 cm³/mol. The van der Waals surface area contributed by atoms with Crippen LogP contribution in [-0.2, 0) is 16.1 Å². The summed E-state index contributed by atoms with van der Waals surface area (Å²) in [6.07, 6.45) is 2.20. The lowest BCUT2D eigenvalue weighted by molar-refractivity contribution is -0.181. The number of likely N-dealkylation sites (tertiary alicyclic amines) is 1. The molecule has 0 aromatic carbocycles. The van der Waals surface area contributed by atoms with Crippen LogP contribution in [0.1, 0.15) is 43.7 Å². The summed E-state index contributed by atoms with van der Waals surface area (Å²) in [5.41, 5.74) is 2.21. The minimum Gasteiger partial charge on any atom is -0.372 e. The quantitative estimate of drug-likeness (QED) is 0.892. The summed E-state index contributed by atoms with van der Waals surface area (Å²) in [6.45, 7) is 12.1. The van der Waals surface area contributed by atoms with Crippen LogP contribution in [-0.4, -0.2) is 47.8 Å². The number of carbonyl (C=O) groups is 1. The maximum atomic E-state index is 11.7. The number of amides is 1. The molecule has 6 nitrogen and oxygen atoms in total. The van der Waals surface area contributed by atoms with Gasteiger partial charge in [-0.15, -0.1) is 0 Å². The van der Waals surface area contributed by atoms with Gasteiger partial charge in [0.05, 0.1) is 17.9 Å². The van der Waals surface area contributed by atoms with Crippen LogP contribution in [0.3, 0.4) is 0 Å². The normalized spacial score (nSPS) is 23.5. The van der Waals surface area contributed by atoms with Crippen molar-refractivity contribution < 1.29 is 14.1 Å². The smallest absolute Gasteiger partial charge is 0.222 e. The van der Waals surface area contributed by atoms with Gasteiger partial charge in [-0.1, -0.05) is 19.0 Å². The van der Waals surface area contributed by atoms with E-state index in [1.54, 1.807) is 0 Å². The molecule has 0 aliphatic carbocycles. The molecule has 1 N–H and O–H groups in total. The number of ether oxygens (including phenoxy) is 1. The second-order valence-corrected chi connectivity index (χ2v) is 7.75. The summed E-state index contributed by atoms with van der Waals surface area (Å²) in [4.78, 5) is 14.1. The molecule has 1 aromatic rings. The van der Waals surface area contributed by atoms with Crippen LogP contribution in [0.25, 0.3) is 0 Å². The highest BCUT2D eigenvalue weighted by Crippen LogP contribution is 2.37. The fourth-order valence-corrected chi connectivity index (χ4v) is 3.61. The second-order valence-electron chi connectivity index (χ2n) is 7.75. The third-order valence-electron chi connectivity index (χ3n) is 5.31. The summed E-state index contributed by atoms with van der Waals surface area (Å²) in [5.74, 6) is 1.53. The predicted octanol–water partition coefficient (Wildman–Crippen LogP) is 2.04. The van der Waals surface area contributed by atoms with E-state index in [9.17, 15) is 4.79 Å². The van der Waals surface area contributed by atoms with E-state index in [-0.39, 0.29) is 17.4 Å². The Morgan fingerprint density at radius 2 is 2.17 bits per heavy atom. The zero-order valence-electron chi connectivity index (χ0n) is 15.2. The van der Waals surface area contributed by atoms with Gasteiger partial charge in [0.15, 0.2) is 0 Å². The van der Waals surface area contributed by atoms with E-state index in [0.29, 0.717) is 5.92 Å². The Hall–Kier alpha value is -1.40. The van der Waals surface area contributed by atoms with Gasteiger partial charge >= 0.3 is 0 Å². The average molecular weight is 335 g/mol. The van der Waals surface area contributed by atoms with Gasteiger partial charge in [0, 0.05) is 37.7 Å². The molecule has 2 saturated heterocycles. The van der Waals surface area contributed by atoms with E-state index in [0.717, 1.165) is 57.1 Å². The minimum absolute atomic E-state index is 0.0253. The maximum absolute atomic E-state index is 11.7. The maximum Gasteiger partial charge on any atom is 0.222 e. The fraction of sp³-hybridized carbons (Fsp3) is 0.778. The first-order valence-electron chi connectivity index (χ1n) is 8.94. The Kier molecular flexibility index (Phi) is 4.97. The highest BCUT2D eigenvalue weighted by molar-refractivity contribution is 5.77. The highest BCUT2D eigenvalue weighted by Gasteiger charge is 2.46. The Bertz CT molecular complexity index is 561. The molecule has 1 aromatic heterocycles. The first-order valence-corrected chi connectivity index (χ1v) is 8.94. The van der Waals surface area contributed by atoms with Gasteiger partial charge < -0.3 is 14.6 Å². The van der Waals surface area contributed by atoms with E-state index in [1.807, 2.05) is 27.7 Å². The van der Waals surface area contributed by atoms with Gasteiger partial charge in [0.1, 0.15) is 5.76 Å². The molecule has 1 atom stereocenters. The van der Waals surface area contributed by atoms with Crippen molar-refractivity contribution >= 4 is 5.91 Å². The van der Waals surface area contributed by atoms with Crippen molar-refractivity contribution in [1.82, 2.24) is 15.4 Å². The van der Waals surface area contributed by atoms with Crippen molar-refractivity contribution in [2.24, 2.45) is 11.8 Å². The van der Waals surface area contributed by atoms with Crippen LogP contribution < -0.4 is 5.32 Å². The minimum atomic E-state index is 0.0253. The molecule has 2 aliphatic heterocycles. The van der Waals surface area contributed by atoms with E-state index in [2.05, 4.69) is 15.4 Å². The molecule has 3 rings (SSSR count). The molecule has 6 heteroatoms. The topological polar surface area (TPSA) is 67.6 Å². The van der Waals surface area contributed by atoms with Gasteiger partial charge in [0.25, 0.3) is 0 Å². The number of carbonyl (C=O) groups excluding carboxylic acids is 1. The molecule has 24 heavy (non-hydrogen) atoms. The summed E-state index contributed by atoms with van der Waals surface area (Å²) in [5, 5.41) is 7.04. The number of hydrogen-bond acceptors (Lipinski definition) is 5. The van der Waals surface area contributed by atoms with E-state index in [4.69, 9.17) is 9.26 Å². The average Bonchev–Trinajstić information content (AvgIpc) is 2.84. The van der Waals surface area contributed by atoms with Gasteiger partial charge in [0.2, 0.25) is 5.91 Å². The van der Waals surface area contributed by atoms with Gasteiger partial charge in [-0.25, -0.2) is 0 Å². The molecular formula is C18H29N3O3. The lowest BCUT2D eigenvalue weighted by Gasteiger charge is -2.53. The van der Waals surface area contributed by atoms with Crippen molar-refractivity contribution in [3.05, 3.63) is 17.0 Å². The van der Waals surface area contributed by atoms with Crippen molar-refractivity contribution in [1.29, 1.82) is 0 Å². The van der Waals surface area contributed by atoms with Crippen LogP contribution in [0, 0.1) is 25.7 Å². The zero-order valence-corrected chi connectivity index (χ0v) is 15.2. The standard InChI is InChI=1S/C18H29N3O3/c1-12(2)17(22)19-7-15-5-6-18(23-9-15)10-21(11-18)8-16-13(3)20-24-14(16)4/h12,15H,5-11H2,1-4H3,(H,19,22)/t15-/m1/s1. The van der Waals surface area contributed by atoms with Crippen molar-refractivity contribution in [3.8, 4) is 0 Å². The third kappa shape index (κ3) is 3.64. The number of hydrogen-bond donors (Lipinski definition) is 1. The molecule has 0 bridgehead atoms. The summed E-state index contributed by atoms with van der Waals surface area (Å²) >= 11 is 0. The second kappa shape index (κ2) is 6.84. The Balaban J connectivity index is 1.41. The van der Waals surface area contributed by atoms with Crippen LogP contribution in [0.15, 0.2) is 4.52 Å². The van der Waals surface area contributed by atoms with E-state index in [1.165, 1.54) is 5.56 Å². The summed E-state index contributed by atoms with van der Waals surface area (Å²) in [6, 6.07) is 0. The fourth-order valence-electron chi connectivity index (χ4n) is 3.61. The zero-order chi connectivity index (χ0) is 17.3. The number of aryl methyl sites for hydroxylation is 2.